The molecule has 2 rings (SSSR count). The van der Waals surface area contributed by atoms with Gasteiger partial charge in [-0.3, -0.25) is 4.79 Å². The van der Waals surface area contributed by atoms with E-state index in [1.807, 2.05) is 39.0 Å². The molecule has 0 spiro atoms. The summed E-state index contributed by atoms with van der Waals surface area (Å²) < 4.78 is 7.48. The number of fused-ring (bicyclic) bond motifs is 1. The minimum Gasteiger partial charge on any atom is -0.465 e. The fraction of sp³-hybridized carbons (Fsp3) is 0.529. The molecule has 0 fully saturated rings. The number of rotatable bonds is 6. The van der Waals surface area contributed by atoms with Crippen LogP contribution in [0, 0.1) is 0 Å². The van der Waals surface area contributed by atoms with Gasteiger partial charge in [0.25, 0.3) is 0 Å². The summed E-state index contributed by atoms with van der Waals surface area (Å²) in [6.45, 7) is 9.17. The molecule has 21 heavy (non-hydrogen) atoms. The molecule has 0 atom stereocenters. The lowest BCUT2D eigenvalue weighted by Gasteiger charge is -2.29. The molecule has 0 unspecified atom stereocenters. The molecule has 4 heteroatoms. The Morgan fingerprint density at radius 2 is 1.86 bits per heavy atom. The number of carbonyl (C=O) groups is 1. The van der Waals surface area contributed by atoms with E-state index in [1.54, 1.807) is 0 Å². The Hall–Kier alpha value is -1.84. The van der Waals surface area contributed by atoms with Crippen molar-refractivity contribution >= 4 is 17.0 Å². The summed E-state index contributed by atoms with van der Waals surface area (Å²) in [5.74, 6) is 0.662. The van der Waals surface area contributed by atoms with E-state index in [2.05, 4.69) is 17.6 Å². The van der Waals surface area contributed by atoms with E-state index in [1.165, 1.54) is 0 Å². The number of imidazole rings is 1. The van der Waals surface area contributed by atoms with Gasteiger partial charge in [0.1, 0.15) is 11.2 Å². The highest BCUT2D eigenvalue weighted by atomic mass is 16.5. The molecule has 0 saturated carbocycles. The van der Waals surface area contributed by atoms with Gasteiger partial charge in [-0.05, 0) is 38.8 Å². The van der Waals surface area contributed by atoms with Crippen LogP contribution in [0.4, 0.5) is 0 Å². The molecule has 1 aromatic carbocycles. The van der Waals surface area contributed by atoms with Crippen molar-refractivity contribution in [1.82, 2.24) is 9.55 Å². The highest BCUT2D eigenvalue weighted by Gasteiger charge is 2.42. The van der Waals surface area contributed by atoms with Crippen molar-refractivity contribution in [3.05, 3.63) is 30.1 Å². The van der Waals surface area contributed by atoms with Crippen LogP contribution in [0.3, 0.4) is 0 Å². The van der Waals surface area contributed by atoms with Crippen molar-refractivity contribution in [2.45, 2.75) is 52.5 Å². The van der Waals surface area contributed by atoms with Gasteiger partial charge in [-0.25, -0.2) is 4.98 Å². The molecule has 114 valence electrons. The Bertz CT molecular complexity index is 627. The SMILES string of the molecule is CCOC(=O)C(CC)(CC)c1nc2ccccc2n1CC. The van der Waals surface area contributed by atoms with E-state index in [0.717, 1.165) is 23.4 Å². The molecular weight excluding hydrogens is 264 g/mol. The number of aryl methyl sites for hydroxylation is 1. The van der Waals surface area contributed by atoms with Crippen LogP contribution in [0.1, 0.15) is 46.4 Å². The molecular formula is C17H24N2O2. The van der Waals surface area contributed by atoms with Crippen molar-refractivity contribution in [2.24, 2.45) is 0 Å². The zero-order chi connectivity index (χ0) is 15.5. The number of benzene rings is 1. The fourth-order valence-corrected chi connectivity index (χ4v) is 2.98. The third-order valence-electron chi connectivity index (χ3n) is 4.27. The lowest BCUT2D eigenvalue weighted by atomic mass is 9.81. The Morgan fingerprint density at radius 1 is 1.19 bits per heavy atom. The first-order valence-electron chi connectivity index (χ1n) is 7.77. The van der Waals surface area contributed by atoms with E-state index in [0.29, 0.717) is 19.4 Å². The lowest BCUT2D eigenvalue weighted by molar-refractivity contribution is -0.151. The molecule has 0 aliphatic heterocycles. The first-order chi connectivity index (χ1) is 10.1. The predicted molar refractivity (Wildman–Crippen MR) is 84.3 cm³/mol. The van der Waals surface area contributed by atoms with Gasteiger partial charge in [0.05, 0.1) is 17.6 Å². The first-order valence-corrected chi connectivity index (χ1v) is 7.77. The number of hydrogen-bond donors (Lipinski definition) is 0. The summed E-state index contributed by atoms with van der Waals surface area (Å²) >= 11 is 0. The molecule has 1 aromatic heterocycles. The van der Waals surface area contributed by atoms with Gasteiger partial charge in [-0.2, -0.15) is 0 Å². The van der Waals surface area contributed by atoms with Crippen LogP contribution >= 0.6 is 0 Å². The Labute approximate surface area is 126 Å². The first kappa shape index (κ1) is 15.5. The van der Waals surface area contributed by atoms with Crippen LogP contribution in [0.25, 0.3) is 11.0 Å². The lowest BCUT2D eigenvalue weighted by Crippen LogP contribution is -2.39. The van der Waals surface area contributed by atoms with Crippen LogP contribution in [0.2, 0.25) is 0 Å². The van der Waals surface area contributed by atoms with Crippen molar-refractivity contribution in [1.29, 1.82) is 0 Å². The molecule has 0 aliphatic carbocycles. The Morgan fingerprint density at radius 3 is 2.43 bits per heavy atom. The third kappa shape index (κ3) is 2.43. The van der Waals surface area contributed by atoms with E-state index < -0.39 is 5.41 Å². The highest BCUT2D eigenvalue weighted by Crippen LogP contribution is 2.34. The number of carbonyl (C=O) groups excluding carboxylic acids is 1. The molecule has 0 amide bonds. The van der Waals surface area contributed by atoms with E-state index in [-0.39, 0.29) is 5.97 Å². The number of esters is 1. The van der Waals surface area contributed by atoms with Crippen molar-refractivity contribution < 1.29 is 9.53 Å². The van der Waals surface area contributed by atoms with Crippen LogP contribution < -0.4 is 0 Å². The molecule has 0 N–H and O–H groups in total. The summed E-state index contributed by atoms with van der Waals surface area (Å²) in [6.07, 6.45) is 1.37. The van der Waals surface area contributed by atoms with Crippen LogP contribution in [0.5, 0.6) is 0 Å². The van der Waals surface area contributed by atoms with Gasteiger partial charge in [0.15, 0.2) is 0 Å². The maximum Gasteiger partial charge on any atom is 0.319 e. The average Bonchev–Trinajstić information content (AvgIpc) is 2.88. The van der Waals surface area contributed by atoms with E-state index >= 15 is 0 Å². The largest absolute Gasteiger partial charge is 0.465 e. The van der Waals surface area contributed by atoms with Gasteiger partial charge < -0.3 is 9.30 Å². The predicted octanol–water partition coefficient (Wildman–Crippen LogP) is 3.68. The van der Waals surface area contributed by atoms with Crippen molar-refractivity contribution in [3.8, 4) is 0 Å². The van der Waals surface area contributed by atoms with E-state index in [9.17, 15) is 4.79 Å². The zero-order valence-electron chi connectivity index (χ0n) is 13.3. The molecule has 0 saturated heterocycles. The molecule has 0 radical (unpaired) electrons. The molecule has 2 aromatic rings. The summed E-state index contributed by atoms with van der Waals surface area (Å²) in [4.78, 5) is 17.4. The second kappa shape index (κ2) is 6.29. The zero-order valence-corrected chi connectivity index (χ0v) is 13.3. The number of hydrogen-bond acceptors (Lipinski definition) is 3. The van der Waals surface area contributed by atoms with Gasteiger partial charge in [0.2, 0.25) is 0 Å². The van der Waals surface area contributed by atoms with Crippen LogP contribution in [-0.4, -0.2) is 22.1 Å². The minimum absolute atomic E-state index is 0.167. The number of nitrogens with zero attached hydrogens (tertiary/aromatic N) is 2. The van der Waals surface area contributed by atoms with Gasteiger partial charge in [-0.1, -0.05) is 26.0 Å². The summed E-state index contributed by atoms with van der Waals surface area (Å²) in [5, 5.41) is 0. The standard InChI is InChI=1S/C17H24N2O2/c1-5-17(6-2,16(20)21-8-4)15-18-13-11-9-10-12-14(13)19(15)7-3/h9-12H,5-8H2,1-4H3. The molecule has 0 aliphatic rings. The monoisotopic (exact) mass is 288 g/mol. The van der Waals surface area contributed by atoms with Gasteiger partial charge in [-0.15, -0.1) is 0 Å². The summed E-state index contributed by atoms with van der Waals surface area (Å²) in [7, 11) is 0. The maximum absolute atomic E-state index is 12.6. The number of para-hydroxylation sites is 2. The number of ether oxygens (including phenoxy) is 1. The smallest absolute Gasteiger partial charge is 0.319 e. The van der Waals surface area contributed by atoms with Crippen LogP contribution in [-0.2, 0) is 21.5 Å². The summed E-state index contributed by atoms with van der Waals surface area (Å²) in [5.41, 5.74) is 1.35. The minimum atomic E-state index is -0.662. The van der Waals surface area contributed by atoms with E-state index in [4.69, 9.17) is 9.72 Å². The van der Waals surface area contributed by atoms with Gasteiger partial charge >= 0.3 is 5.97 Å². The second-order valence-electron chi connectivity index (χ2n) is 5.18. The van der Waals surface area contributed by atoms with Crippen molar-refractivity contribution in [3.63, 3.8) is 0 Å². The Balaban J connectivity index is 2.67. The molecule has 0 bridgehead atoms. The normalized spacial score (nSPS) is 11.8. The second-order valence-corrected chi connectivity index (χ2v) is 5.18. The van der Waals surface area contributed by atoms with Gasteiger partial charge in [0, 0.05) is 6.54 Å². The Kier molecular flexibility index (Phi) is 4.66. The maximum atomic E-state index is 12.6. The summed E-state index contributed by atoms with van der Waals surface area (Å²) in [6, 6.07) is 8.02. The third-order valence-corrected chi connectivity index (χ3v) is 4.27. The highest BCUT2D eigenvalue weighted by molar-refractivity contribution is 5.85. The molecule has 1 heterocycles. The average molecular weight is 288 g/mol. The quantitative estimate of drug-likeness (QED) is 0.762. The topological polar surface area (TPSA) is 44.1 Å². The molecule has 4 nitrogen and oxygen atoms in total. The van der Waals surface area contributed by atoms with Crippen molar-refractivity contribution in [2.75, 3.05) is 6.61 Å². The van der Waals surface area contributed by atoms with Crippen LogP contribution in [0.15, 0.2) is 24.3 Å². The number of aromatic nitrogens is 2. The fourth-order valence-electron chi connectivity index (χ4n) is 2.98.